The molecular formula is C27H27N3O4. The summed E-state index contributed by atoms with van der Waals surface area (Å²) in [4.78, 5) is 27.7. The fourth-order valence-electron chi connectivity index (χ4n) is 3.64. The third-order valence-corrected chi connectivity index (χ3v) is 5.43. The van der Waals surface area contributed by atoms with Crippen LogP contribution >= 0.6 is 0 Å². The predicted octanol–water partition coefficient (Wildman–Crippen LogP) is 5.19. The number of rotatable bonds is 9. The normalized spacial score (nSPS) is 10.7. The number of aryl methyl sites for hydroxylation is 1. The topological polar surface area (TPSA) is 106 Å². The summed E-state index contributed by atoms with van der Waals surface area (Å²) in [5, 5.41) is 4.19. The third-order valence-electron chi connectivity index (χ3n) is 5.43. The predicted molar refractivity (Wildman–Crippen MR) is 133 cm³/mol. The molecule has 0 bridgehead atoms. The molecular weight excluding hydrogens is 430 g/mol. The van der Waals surface area contributed by atoms with Crippen molar-refractivity contribution in [2.75, 3.05) is 24.2 Å². The molecule has 0 aliphatic rings. The molecule has 0 saturated heterocycles. The molecule has 7 nitrogen and oxygen atoms in total. The maximum atomic E-state index is 12.8. The molecule has 0 spiro atoms. The summed E-state index contributed by atoms with van der Waals surface area (Å²) in [5.41, 5.74) is 10.4. The van der Waals surface area contributed by atoms with Crippen LogP contribution in [-0.2, 0) is 11.2 Å². The van der Waals surface area contributed by atoms with Crippen molar-refractivity contribution in [2.24, 2.45) is 0 Å². The highest BCUT2D eigenvalue weighted by molar-refractivity contribution is 6.05. The number of hydrogen-bond acceptors (Lipinski definition) is 6. The van der Waals surface area contributed by atoms with Gasteiger partial charge in [0.2, 0.25) is 0 Å². The van der Waals surface area contributed by atoms with Gasteiger partial charge in [0.05, 0.1) is 17.7 Å². The zero-order chi connectivity index (χ0) is 23.9. The Morgan fingerprint density at radius 3 is 2.47 bits per heavy atom. The summed E-state index contributed by atoms with van der Waals surface area (Å²) >= 11 is 0. The first-order valence-corrected chi connectivity index (χ1v) is 11.2. The molecule has 4 aromatic rings. The second-order valence-corrected chi connectivity index (χ2v) is 7.87. The maximum absolute atomic E-state index is 12.8. The fraction of sp³-hybridized carbons (Fsp3) is 0.185. The van der Waals surface area contributed by atoms with E-state index in [1.807, 2.05) is 42.5 Å². The number of aromatic nitrogens is 1. The SMILES string of the molecule is CCOC(=O)c1ccc(OC(=O)c2c[nH]c3ccc(NCCCc4ccc(N)cc4)cc23)cc1. The lowest BCUT2D eigenvalue weighted by molar-refractivity contribution is 0.0526. The third kappa shape index (κ3) is 5.56. The molecule has 1 aromatic heterocycles. The summed E-state index contributed by atoms with van der Waals surface area (Å²) in [6, 6.07) is 20.1. The van der Waals surface area contributed by atoms with Crippen LogP contribution in [0, 0.1) is 0 Å². The Morgan fingerprint density at radius 1 is 0.971 bits per heavy atom. The zero-order valence-electron chi connectivity index (χ0n) is 19.0. The smallest absolute Gasteiger partial charge is 0.345 e. The minimum Gasteiger partial charge on any atom is -0.462 e. The first kappa shape index (κ1) is 22.9. The van der Waals surface area contributed by atoms with Crippen molar-refractivity contribution in [3.05, 3.63) is 89.6 Å². The van der Waals surface area contributed by atoms with Gasteiger partial charge in [0.1, 0.15) is 5.75 Å². The Morgan fingerprint density at radius 2 is 1.74 bits per heavy atom. The van der Waals surface area contributed by atoms with Crippen molar-refractivity contribution in [1.29, 1.82) is 0 Å². The van der Waals surface area contributed by atoms with Gasteiger partial charge in [0.15, 0.2) is 0 Å². The Labute approximate surface area is 197 Å². The maximum Gasteiger partial charge on any atom is 0.345 e. The van der Waals surface area contributed by atoms with Crippen LogP contribution in [0.5, 0.6) is 5.75 Å². The van der Waals surface area contributed by atoms with E-state index in [-0.39, 0.29) is 0 Å². The molecule has 4 rings (SSSR count). The van der Waals surface area contributed by atoms with Crippen LogP contribution in [0.1, 0.15) is 39.6 Å². The van der Waals surface area contributed by atoms with Crippen LogP contribution in [0.3, 0.4) is 0 Å². The van der Waals surface area contributed by atoms with Crippen molar-refractivity contribution in [2.45, 2.75) is 19.8 Å². The molecule has 3 aromatic carbocycles. The van der Waals surface area contributed by atoms with Crippen molar-refractivity contribution < 1.29 is 19.1 Å². The van der Waals surface area contributed by atoms with Gasteiger partial charge in [-0.05, 0) is 79.9 Å². The number of aromatic amines is 1. The number of H-pyrrole nitrogens is 1. The van der Waals surface area contributed by atoms with E-state index in [1.165, 1.54) is 5.56 Å². The second kappa shape index (κ2) is 10.6. The number of carbonyl (C=O) groups is 2. The molecule has 0 unspecified atom stereocenters. The number of anilines is 2. The molecule has 0 fully saturated rings. The molecule has 4 N–H and O–H groups in total. The Hall–Kier alpha value is -4.26. The molecule has 1 heterocycles. The van der Waals surface area contributed by atoms with E-state index in [0.717, 1.165) is 41.7 Å². The second-order valence-electron chi connectivity index (χ2n) is 7.87. The van der Waals surface area contributed by atoms with Crippen LogP contribution in [0.2, 0.25) is 0 Å². The van der Waals surface area contributed by atoms with Gasteiger partial charge in [-0.25, -0.2) is 9.59 Å². The van der Waals surface area contributed by atoms with Gasteiger partial charge in [0, 0.05) is 35.0 Å². The first-order chi connectivity index (χ1) is 16.5. The minimum atomic E-state index is -0.476. The Bertz CT molecular complexity index is 1280. The average Bonchev–Trinajstić information content (AvgIpc) is 3.27. The van der Waals surface area contributed by atoms with Gasteiger partial charge in [-0.15, -0.1) is 0 Å². The fourth-order valence-corrected chi connectivity index (χ4v) is 3.64. The summed E-state index contributed by atoms with van der Waals surface area (Å²) in [6.07, 6.45) is 3.56. The number of fused-ring (bicyclic) bond motifs is 1. The van der Waals surface area contributed by atoms with E-state index in [4.69, 9.17) is 15.2 Å². The lowest BCUT2D eigenvalue weighted by atomic mass is 10.1. The quantitative estimate of drug-likeness (QED) is 0.138. The van der Waals surface area contributed by atoms with E-state index < -0.39 is 11.9 Å². The van der Waals surface area contributed by atoms with E-state index in [1.54, 1.807) is 37.4 Å². The molecule has 0 amide bonds. The summed E-state index contributed by atoms with van der Waals surface area (Å²) in [5.74, 6) is -0.537. The van der Waals surface area contributed by atoms with Gasteiger partial charge < -0.3 is 25.5 Å². The standard InChI is InChI=1S/C27H27N3O4/c1-2-33-26(31)19-7-12-22(13-8-19)34-27(32)24-17-30-25-14-11-21(16-23(24)25)29-15-3-4-18-5-9-20(28)10-6-18/h5-14,16-17,29-30H,2-4,15,28H2,1H3. The van der Waals surface area contributed by atoms with Crippen molar-refractivity contribution in [1.82, 2.24) is 4.98 Å². The first-order valence-electron chi connectivity index (χ1n) is 11.2. The van der Waals surface area contributed by atoms with Gasteiger partial charge >= 0.3 is 11.9 Å². The monoisotopic (exact) mass is 457 g/mol. The number of carbonyl (C=O) groups excluding carboxylic acids is 2. The van der Waals surface area contributed by atoms with Crippen molar-refractivity contribution in [3.63, 3.8) is 0 Å². The zero-order valence-corrected chi connectivity index (χ0v) is 19.0. The lowest BCUT2D eigenvalue weighted by Gasteiger charge is -2.08. The number of hydrogen-bond donors (Lipinski definition) is 3. The van der Waals surface area contributed by atoms with Crippen LogP contribution in [-0.4, -0.2) is 30.1 Å². The lowest BCUT2D eigenvalue weighted by Crippen LogP contribution is -2.09. The largest absolute Gasteiger partial charge is 0.462 e. The highest BCUT2D eigenvalue weighted by Gasteiger charge is 2.15. The number of nitrogen functional groups attached to an aromatic ring is 1. The van der Waals surface area contributed by atoms with E-state index in [2.05, 4.69) is 10.3 Å². The van der Waals surface area contributed by atoms with Gasteiger partial charge in [0.25, 0.3) is 0 Å². The summed E-state index contributed by atoms with van der Waals surface area (Å²) in [7, 11) is 0. The van der Waals surface area contributed by atoms with Crippen molar-refractivity contribution in [3.8, 4) is 5.75 Å². The van der Waals surface area contributed by atoms with E-state index in [0.29, 0.717) is 23.5 Å². The van der Waals surface area contributed by atoms with Crippen LogP contribution < -0.4 is 15.8 Å². The summed E-state index contributed by atoms with van der Waals surface area (Å²) in [6.45, 7) is 2.85. The van der Waals surface area contributed by atoms with Crippen LogP contribution in [0.15, 0.2) is 72.9 Å². The Balaban J connectivity index is 1.38. The number of esters is 2. The number of nitrogens with one attached hydrogen (secondary N) is 2. The van der Waals surface area contributed by atoms with Gasteiger partial charge in [-0.1, -0.05) is 12.1 Å². The molecule has 0 radical (unpaired) electrons. The molecule has 174 valence electrons. The van der Waals surface area contributed by atoms with Gasteiger partial charge in [-0.3, -0.25) is 0 Å². The summed E-state index contributed by atoms with van der Waals surface area (Å²) < 4.78 is 10.5. The average molecular weight is 458 g/mol. The number of ether oxygens (including phenoxy) is 2. The minimum absolute atomic E-state index is 0.301. The van der Waals surface area contributed by atoms with Crippen LogP contribution in [0.4, 0.5) is 11.4 Å². The molecule has 0 saturated carbocycles. The molecule has 7 heteroatoms. The molecule has 0 aliphatic carbocycles. The molecule has 0 aliphatic heterocycles. The highest BCUT2D eigenvalue weighted by Crippen LogP contribution is 2.24. The van der Waals surface area contributed by atoms with Gasteiger partial charge in [-0.2, -0.15) is 0 Å². The number of nitrogens with two attached hydrogens (primary N) is 1. The van der Waals surface area contributed by atoms with Crippen molar-refractivity contribution >= 4 is 34.2 Å². The highest BCUT2D eigenvalue weighted by atomic mass is 16.5. The van der Waals surface area contributed by atoms with E-state index >= 15 is 0 Å². The molecule has 0 atom stereocenters. The molecule has 34 heavy (non-hydrogen) atoms. The van der Waals surface area contributed by atoms with Crippen LogP contribution in [0.25, 0.3) is 10.9 Å². The van der Waals surface area contributed by atoms with E-state index in [9.17, 15) is 9.59 Å². The number of benzene rings is 3. The Kier molecular flexibility index (Phi) is 7.13.